The van der Waals surface area contributed by atoms with E-state index < -0.39 is 48.1 Å². The number of nitrogens with one attached hydrogen (secondary N) is 1. The summed E-state index contributed by atoms with van der Waals surface area (Å²) in [6.07, 6.45) is -3.95. The fourth-order valence-electron chi connectivity index (χ4n) is 3.48. The lowest BCUT2D eigenvalue weighted by Crippen LogP contribution is -2.41. The van der Waals surface area contributed by atoms with Gasteiger partial charge >= 0.3 is 18.1 Å². The molecule has 2 aromatic rings. The van der Waals surface area contributed by atoms with Gasteiger partial charge in [-0.2, -0.15) is 22.0 Å². The van der Waals surface area contributed by atoms with Gasteiger partial charge in [-0.3, -0.25) is 14.5 Å². The Labute approximate surface area is 202 Å². The second-order valence-electron chi connectivity index (χ2n) is 7.70. The fourth-order valence-corrected chi connectivity index (χ4v) is 3.69. The molecule has 13 heteroatoms. The molecule has 1 amide bonds. The smallest absolute Gasteiger partial charge is 0.458 e. The molecule has 0 bridgehead atoms. The van der Waals surface area contributed by atoms with Gasteiger partial charge in [0.25, 0.3) is 5.91 Å². The maximum Gasteiger partial charge on any atom is 0.458 e. The maximum atomic E-state index is 14.3. The van der Waals surface area contributed by atoms with E-state index >= 15 is 0 Å². The summed E-state index contributed by atoms with van der Waals surface area (Å²) < 4.78 is 78.4. The van der Waals surface area contributed by atoms with Crippen LogP contribution in [0, 0.1) is 0 Å². The summed E-state index contributed by atoms with van der Waals surface area (Å²) in [7, 11) is 0. The molecule has 35 heavy (non-hydrogen) atoms. The first kappa shape index (κ1) is 26.6. The average Bonchev–Trinajstić information content (AvgIpc) is 3.30. The molecule has 2 heterocycles. The van der Waals surface area contributed by atoms with Crippen LogP contribution >= 0.6 is 11.6 Å². The third-order valence-corrected chi connectivity index (χ3v) is 5.47. The fraction of sp³-hybridized carbons (Fsp3) is 0.409. The molecule has 1 aromatic heterocycles. The molecule has 0 radical (unpaired) electrons. The van der Waals surface area contributed by atoms with Crippen LogP contribution in [0.1, 0.15) is 35.7 Å². The Morgan fingerprint density at radius 1 is 1.17 bits per heavy atom. The lowest BCUT2D eigenvalue weighted by atomic mass is 10.1. The second-order valence-corrected chi connectivity index (χ2v) is 8.06. The highest BCUT2D eigenvalue weighted by Crippen LogP contribution is 2.47. The molecule has 1 aliphatic heterocycles. The summed E-state index contributed by atoms with van der Waals surface area (Å²) in [6.45, 7) is 1.71. The SMILES string of the molecule is CC(=O)O[C@H](COc1cc(NC(=O)c2cccnc2Cl)ccc1C(F)(F)C(F)(F)F)N1CCCC1. The van der Waals surface area contributed by atoms with Crippen LogP contribution in [0.3, 0.4) is 0 Å². The Balaban J connectivity index is 1.91. The number of ether oxygens (including phenoxy) is 2. The van der Waals surface area contributed by atoms with Crippen molar-refractivity contribution in [2.75, 3.05) is 25.0 Å². The molecule has 1 N–H and O–H groups in total. The molecule has 1 aromatic carbocycles. The molecule has 1 atom stereocenters. The van der Waals surface area contributed by atoms with Gasteiger partial charge in [0.1, 0.15) is 17.5 Å². The van der Waals surface area contributed by atoms with Crippen molar-refractivity contribution >= 4 is 29.2 Å². The highest BCUT2D eigenvalue weighted by Gasteiger charge is 2.60. The van der Waals surface area contributed by atoms with E-state index in [9.17, 15) is 31.5 Å². The van der Waals surface area contributed by atoms with Crippen LogP contribution in [0.25, 0.3) is 0 Å². The summed E-state index contributed by atoms with van der Waals surface area (Å²) in [5.41, 5.74) is -1.62. The number of anilines is 1. The zero-order chi connectivity index (χ0) is 25.8. The lowest BCUT2D eigenvalue weighted by molar-refractivity contribution is -0.289. The van der Waals surface area contributed by atoms with E-state index in [1.54, 1.807) is 4.90 Å². The van der Waals surface area contributed by atoms with Crippen molar-refractivity contribution in [3.05, 3.63) is 52.8 Å². The van der Waals surface area contributed by atoms with Gasteiger partial charge in [0.15, 0.2) is 6.23 Å². The third-order valence-electron chi connectivity index (χ3n) is 5.17. The Morgan fingerprint density at radius 3 is 2.46 bits per heavy atom. The number of aromatic nitrogens is 1. The Kier molecular flexibility index (Phi) is 8.16. The van der Waals surface area contributed by atoms with Crippen molar-refractivity contribution in [1.82, 2.24) is 9.88 Å². The lowest BCUT2D eigenvalue weighted by Gasteiger charge is -2.28. The predicted molar refractivity (Wildman–Crippen MR) is 115 cm³/mol. The summed E-state index contributed by atoms with van der Waals surface area (Å²) in [6, 6.07) is 5.03. The first-order valence-corrected chi connectivity index (χ1v) is 10.8. The second kappa shape index (κ2) is 10.7. The number of carbonyl (C=O) groups excluding carboxylic acids is 2. The largest absolute Gasteiger partial charge is 0.488 e. The van der Waals surface area contributed by atoms with Crippen LogP contribution in [0.4, 0.5) is 27.6 Å². The molecular formula is C22H21ClF5N3O4. The number of pyridine rings is 1. The van der Waals surface area contributed by atoms with E-state index in [2.05, 4.69) is 10.3 Å². The number of hydrogen-bond acceptors (Lipinski definition) is 6. The molecule has 0 aliphatic carbocycles. The van der Waals surface area contributed by atoms with E-state index in [-0.39, 0.29) is 16.4 Å². The number of benzene rings is 1. The number of esters is 1. The van der Waals surface area contributed by atoms with Crippen LogP contribution in [-0.2, 0) is 15.5 Å². The molecular weight excluding hydrogens is 501 g/mol. The van der Waals surface area contributed by atoms with Crippen molar-refractivity contribution < 1.29 is 41.0 Å². The first-order valence-electron chi connectivity index (χ1n) is 10.4. The molecule has 0 unspecified atom stereocenters. The van der Waals surface area contributed by atoms with Crippen molar-refractivity contribution in [1.29, 1.82) is 0 Å². The van der Waals surface area contributed by atoms with Gasteiger partial charge in [-0.25, -0.2) is 4.98 Å². The molecule has 1 fully saturated rings. The number of hydrogen-bond donors (Lipinski definition) is 1. The summed E-state index contributed by atoms with van der Waals surface area (Å²) in [4.78, 5) is 29.4. The number of nitrogens with zero attached hydrogens (tertiary/aromatic N) is 2. The molecule has 0 spiro atoms. The zero-order valence-corrected chi connectivity index (χ0v) is 19.1. The third kappa shape index (κ3) is 6.37. The number of likely N-dealkylation sites (tertiary alicyclic amines) is 1. The first-order chi connectivity index (χ1) is 16.4. The van der Waals surface area contributed by atoms with E-state index in [0.29, 0.717) is 19.2 Å². The number of alkyl halides is 5. The summed E-state index contributed by atoms with van der Waals surface area (Å²) in [5.74, 6) is -7.51. The van der Waals surface area contributed by atoms with E-state index in [4.69, 9.17) is 21.1 Å². The monoisotopic (exact) mass is 521 g/mol. The predicted octanol–water partition coefficient (Wildman–Crippen LogP) is 5.01. The van der Waals surface area contributed by atoms with Crippen molar-refractivity contribution in [2.45, 2.75) is 38.1 Å². The summed E-state index contributed by atoms with van der Waals surface area (Å²) in [5, 5.41) is 2.24. The highest BCUT2D eigenvalue weighted by molar-refractivity contribution is 6.33. The maximum absolute atomic E-state index is 14.3. The molecule has 1 saturated heterocycles. The van der Waals surface area contributed by atoms with E-state index in [0.717, 1.165) is 31.9 Å². The minimum absolute atomic E-state index is 0.0368. The van der Waals surface area contributed by atoms with Gasteiger partial charge < -0.3 is 14.8 Å². The standard InChI is InChI=1S/C22H21ClF5N3O4/c1-13(32)35-18(31-9-2-3-10-31)12-34-17-11-14(6-7-16(17)21(24,25)22(26,27)28)30-20(33)15-5-4-8-29-19(15)23/h4-8,11,18H,2-3,9-10,12H2,1H3,(H,30,33)/t18-/m1/s1. The van der Waals surface area contributed by atoms with Crippen molar-refractivity contribution in [3.63, 3.8) is 0 Å². The highest BCUT2D eigenvalue weighted by atomic mass is 35.5. The zero-order valence-electron chi connectivity index (χ0n) is 18.4. The Morgan fingerprint density at radius 2 is 1.86 bits per heavy atom. The average molecular weight is 522 g/mol. The molecule has 190 valence electrons. The van der Waals surface area contributed by atoms with Crippen LogP contribution in [0.5, 0.6) is 5.75 Å². The molecule has 1 aliphatic rings. The van der Waals surface area contributed by atoms with Gasteiger partial charge in [-0.05, 0) is 37.1 Å². The quantitative estimate of drug-likeness (QED) is 0.299. The van der Waals surface area contributed by atoms with Gasteiger partial charge in [-0.15, -0.1) is 0 Å². The van der Waals surface area contributed by atoms with Gasteiger partial charge in [-0.1, -0.05) is 11.6 Å². The van der Waals surface area contributed by atoms with Crippen molar-refractivity contribution in [3.8, 4) is 5.75 Å². The topological polar surface area (TPSA) is 80.8 Å². The molecule has 0 saturated carbocycles. The van der Waals surface area contributed by atoms with Gasteiger partial charge in [0, 0.05) is 38.0 Å². The van der Waals surface area contributed by atoms with E-state index in [1.165, 1.54) is 18.3 Å². The van der Waals surface area contributed by atoms with Crippen LogP contribution in [0.2, 0.25) is 5.15 Å². The van der Waals surface area contributed by atoms with Gasteiger partial charge in [0.05, 0.1) is 11.1 Å². The number of rotatable bonds is 8. The van der Waals surface area contributed by atoms with E-state index in [1.807, 2.05) is 0 Å². The minimum Gasteiger partial charge on any atom is -0.488 e. The Hall–Kier alpha value is -2.99. The minimum atomic E-state index is -5.90. The number of amides is 1. The normalized spacial score (nSPS) is 15.5. The molecule has 7 nitrogen and oxygen atoms in total. The van der Waals surface area contributed by atoms with Crippen LogP contribution in [0.15, 0.2) is 36.5 Å². The number of halogens is 6. The van der Waals surface area contributed by atoms with Crippen LogP contribution in [-0.4, -0.2) is 53.9 Å². The van der Waals surface area contributed by atoms with Gasteiger partial charge in [0.2, 0.25) is 0 Å². The Bertz CT molecular complexity index is 1080. The number of carbonyl (C=O) groups is 2. The van der Waals surface area contributed by atoms with Crippen molar-refractivity contribution in [2.24, 2.45) is 0 Å². The molecule has 3 rings (SSSR count). The van der Waals surface area contributed by atoms with Crippen LogP contribution < -0.4 is 10.1 Å². The summed E-state index contributed by atoms with van der Waals surface area (Å²) >= 11 is 5.87.